The summed E-state index contributed by atoms with van der Waals surface area (Å²) < 4.78 is 75.6. The van der Waals surface area contributed by atoms with Crippen molar-refractivity contribution in [3.63, 3.8) is 0 Å². The Kier molecular flexibility index (Phi) is 8.87. The van der Waals surface area contributed by atoms with Gasteiger partial charge in [-0.25, -0.2) is 41.3 Å². The molecule has 2 aromatic carbocycles. The molecule has 1 aliphatic rings. The number of sulfone groups is 1. The SMILES string of the molecule is CC(C)(C)OC(=O)N1CCN(c2nc(-c3cccc(CS(=O)(=O)c4cc(F)ccc4F)c3F)c(-c3ccnc(Cl)n3)s2)CC1. The van der Waals surface area contributed by atoms with Crippen LogP contribution in [0.15, 0.2) is 53.6 Å². The summed E-state index contributed by atoms with van der Waals surface area (Å²) in [7, 11) is -4.45. The van der Waals surface area contributed by atoms with Gasteiger partial charge in [0.2, 0.25) is 5.28 Å². The summed E-state index contributed by atoms with van der Waals surface area (Å²) in [4.78, 5) is 28.6. The van der Waals surface area contributed by atoms with Crippen molar-refractivity contribution in [1.29, 1.82) is 0 Å². The summed E-state index contributed by atoms with van der Waals surface area (Å²) in [5.74, 6) is -3.87. The lowest BCUT2D eigenvalue weighted by molar-refractivity contribution is 0.0240. The fraction of sp³-hybridized carbons (Fsp3) is 0.310. The number of thiazole rings is 1. The van der Waals surface area contributed by atoms with E-state index in [0.29, 0.717) is 54.0 Å². The first-order valence-corrected chi connectivity index (χ1v) is 16.2. The number of hydrogen-bond acceptors (Lipinski definition) is 9. The van der Waals surface area contributed by atoms with Gasteiger partial charge in [0, 0.05) is 43.5 Å². The zero-order valence-corrected chi connectivity index (χ0v) is 26.2. The van der Waals surface area contributed by atoms with Gasteiger partial charge in [-0.1, -0.05) is 23.5 Å². The van der Waals surface area contributed by atoms with Crippen LogP contribution in [-0.2, 0) is 20.3 Å². The van der Waals surface area contributed by atoms with E-state index in [9.17, 15) is 22.0 Å². The van der Waals surface area contributed by atoms with Gasteiger partial charge in [-0.2, -0.15) is 0 Å². The van der Waals surface area contributed by atoms with E-state index in [1.807, 2.05) is 4.90 Å². The molecule has 4 aromatic rings. The summed E-state index contributed by atoms with van der Waals surface area (Å²) in [5.41, 5.74) is -0.343. The summed E-state index contributed by atoms with van der Waals surface area (Å²) >= 11 is 7.28. The van der Waals surface area contributed by atoms with Gasteiger partial charge < -0.3 is 14.5 Å². The van der Waals surface area contributed by atoms with E-state index in [4.69, 9.17) is 21.3 Å². The smallest absolute Gasteiger partial charge is 0.410 e. The van der Waals surface area contributed by atoms with E-state index >= 15 is 4.39 Å². The van der Waals surface area contributed by atoms with Crippen LogP contribution in [-0.4, -0.2) is 66.1 Å². The third-order valence-electron chi connectivity index (χ3n) is 6.58. The maximum Gasteiger partial charge on any atom is 0.410 e. The molecule has 0 bridgehead atoms. The molecule has 232 valence electrons. The number of amides is 1. The molecule has 0 spiro atoms. The lowest BCUT2D eigenvalue weighted by atomic mass is 10.1. The molecule has 0 unspecified atom stereocenters. The molecule has 0 N–H and O–H groups in total. The minimum Gasteiger partial charge on any atom is -0.444 e. The van der Waals surface area contributed by atoms with Gasteiger partial charge in [-0.05, 0) is 62.7 Å². The second-order valence-electron chi connectivity index (χ2n) is 11.0. The average molecular weight is 666 g/mol. The number of aromatic nitrogens is 3. The fourth-order valence-electron chi connectivity index (χ4n) is 4.54. The fourth-order valence-corrected chi connectivity index (χ4v) is 7.23. The lowest BCUT2D eigenvalue weighted by Crippen LogP contribution is -2.50. The highest BCUT2D eigenvalue weighted by Gasteiger charge is 2.30. The Morgan fingerprint density at radius 1 is 1.05 bits per heavy atom. The second-order valence-corrected chi connectivity index (χ2v) is 14.2. The zero-order chi connectivity index (χ0) is 31.8. The standard InChI is InChI=1S/C29H27ClF3N5O4S2/c1-29(2,3)42-28(39)38-13-11-37(12-14-38)27-36-24(25(43-27)21-9-10-34-26(30)35-21)19-6-4-5-17(23(19)33)16-44(40,41)22-15-18(31)7-8-20(22)32/h4-10,15H,11-14,16H2,1-3H3. The molecule has 0 saturated carbocycles. The van der Waals surface area contributed by atoms with Crippen LogP contribution in [0, 0.1) is 17.5 Å². The van der Waals surface area contributed by atoms with E-state index in [1.165, 1.54) is 35.7 Å². The highest BCUT2D eigenvalue weighted by atomic mass is 35.5. The quantitative estimate of drug-likeness (QED) is 0.219. The van der Waals surface area contributed by atoms with Crippen molar-refractivity contribution < 1.29 is 31.1 Å². The molecular weight excluding hydrogens is 639 g/mol. The van der Waals surface area contributed by atoms with Gasteiger partial charge in [0.1, 0.15) is 27.9 Å². The van der Waals surface area contributed by atoms with Crippen molar-refractivity contribution >= 4 is 44.0 Å². The second kappa shape index (κ2) is 12.3. The highest BCUT2D eigenvalue weighted by molar-refractivity contribution is 7.90. The van der Waals surface area contributed by atoms with E-state index in [-0.39, 0.29) is 22.1 Å². The van der Waals surface area contributed by atoms with Gasteiger partial charge in [0.25, 0.3) is 0 Å². The number of ether oxygens (including phenoxy) is 1. The Balaban J connectivity index is 1.49. The number of rotatable bonds is 6. The monoisotopic (exact) mass is 665 g/mol. The third-order valence-corrected chi connectivity index (χ3v) is 9.58. The van der Waals surface area contributed by atoms with E-state index in [0.717, 1.165) is 6.07 Å². The van der Waals surface area contributed by atoms with Gasteiger partial charge >= 0.3 is 6.09 Å². The summed E-state index contributed by atoms with van der Waals surface area (Å²) in [5, 5.41) is 0.486. The van der Waals surface area contributed by atoms with E-state index in [1.54, 1.807) is 31.7 Å². The topological polar surface area (TPSA) is 106 Å². The average Bonchev–Trinajstić information content (AvgIpc) is 3.40. The first-order valence-electron chi connectivity index (χ1n) is 13.4. The number of hydrogen-bond donors (Lipinski definition) is 0. The Hall–Kier alpha value is -3.75. The maximum absolute atomic E-state index is 16.1. The van der Waals surface area contributed by atoms with Crippen molar-refractivity contribution in [1.82, 2.24) is 19.9 Å². The van der Waals surface area contributed by atoms with Crippen molar-refractivity contribution in [2.75, 3.05) is 31.1 Å². The molecule has 1 fully saturated rings. The molecular formula is C29H27ClF3N5O4S2. The molecule has 0 radical (unpaired) electrons. The molecule has 1 aliphatic heterocycles. The predicted octanol–water partition coefficient (Wildman–Crippen LogP) is 6.37. The number of carbonyl (C=O) groups excluding carboxylic acids is 1. The molecule has 3 heterocycles. The molecule has 15 heteroatoms. The molecule has 0 aliphatic carbocycles. The number of piperazine rings is 1. The summed E-state index contributed by atoms with van der Waals surface area (Å²) in [6, 6.07) is 7.83. The van der Waals surface area contributed by atoms with Crippen LogP contribution in [0.4, 0.5) is 23.1 Å². The molecule has 5 rings (SSSR count). The Labute approximate surface area is 261 Å². The highest BCUT2D eigenvalue weighted by Crippen LogP contribution is 2.41. The van der Waals surface area contributed by atoms with Gasteiger partial charge in [-0.3, -0.25) is 0 Å². The number of carbonyl (C=O) groups is 1. The molecule has 0 atom stereocenters. The van der Waals surface area contributed by atoms with Crippen LogP contribution in [0.25, 0.3) is 21.8 Å². The number of halogens is 4. The number of nitrogens with zero attached hydrogens (tertiary/aromatic N) is 5. The van der Waals surface area contributed by atoms with Gasteiger partial charge in [0.15, 0.2) is 15.0 Å². The number of anilines is 1. The van der Waals surface area contributed by atoms with Crippen LogP contribution in [0.3, 0.4) is 0 Å². The van der Waals surface area contributed by atoms with Gasteiger partial charge in [0.05, 0.1) is 22.0 Å². The van der Waals surface area contributed by atoms with Crippen LogP contribution in [0.2, 0.25) is 5.28 Å². The van der Waals surface area contributed by atoms with Crippen LogP contribution < -0.4 is 4.90 Å². The van der Waals surface area contributed by atoms with Crippen molar-refractivity contribution in [3.05, 3.63) is 77.0 Å². The molecule has 1 amide bonds. The third kappa shape index (κ3) is 6.97. The molecule has 2 aromatic heterocycles. The van der Waals surface area contributed by atoms with Crippen LogP contribution >= 0.6 is 22.9 Å². The van der Waals surface area contributed by atoms with Crippen molar-refractivity contribution in [2.24, 2.45) is 0 Å². The van der Waals surface area contributed by atoms with E-state index in [2.05, 4.69) is 9.97 Å². The van der Waals surface area contributed by atoms with Crippen LogP contribution in [0.5, 0.6) is 0 Å². The first kappa shape index (κ1) is 31.7. The maximum atomic E-state index is 16.1. The molecule has 1 saturated heterocycles. The molecule has 9 nitrogen and oxygen atoms in total. The lowest BCUT2D eigenvalue weighted by Gasteiger charge is -2.35. The van der Waals surface area contributed by atoms with Crippen molar-refractivity contribution in [3.8, 4) is 21.8 Å². The predicted molar refractivity (Wildman–Crippen MR) is 161 cm³/mol. The van der Waals surface area contributed by atoms with Gasteiger partial charge in [-0.15, -0.1) is 0 Å². The Morgan fingerprint density at radius 3 is 2.45 bits per heavy atom. The Bertz CT molecular complexity index is 1820. The van der Waals surface area contributed by atoms with Crippen LogP contribution in [0.1, 0.15) is 26.3 Å². The first-order chi connectivity index (χ1) is 20.7. The summed E-state index contributed by atoms with van der Waals surface area (Å²) in [6.45, 7) is 6.98. The normalized spacial score (nSPS) is 14.2. The van der Waals surface area contributed by atoms with Crippen molar-refractivity contribution in [2.45, 2.75) is 37.0 Å². The molecule has 44 heavy (non-hydrogen) atoms. The summed E-state index contributed by atoms with van der Waals surface area (Å²) in [6.07, 6.45) is 1.03. The number of benzene rings is 2. The minimum absolute atomic E-state index is 0.0166. The Morgan fingerprint density at radius 2 is 1.77 bits per heavy atom. The van der Waals surface area contributed by atoms with E-state index < -0.39 is 49.6 Å². The zero-order valence-electron chi connectivity index (χ0n) is 23.9. The minimum atomic E-state index is -4.45. The largest absolute Gasteiger partial charge is 0.444 e.